The van der Waals surface area contributed by atoms with E-state index in [1.54, 1.807) is 45.0 Å². The first-order valence-electron chi connectivity index (χ1n) is 15.8. The van der Waals surface area contributed by atoms with Crippen LogP contribution in [0, 0.1) is 5.82 Å². The van der Waals surface area contributed by atoms with Crippen molar-refractivity contribution in [2.24, 2.45) is 7.05 Å². The maximum absolute atomic E-state index is 14.2. The third kappa shape index (κ3) is 8.22. The number of hydrogen-bond donors (Lipinski definition) is 0. The molecule has 2 aromatic heterocycles. The van der Waals surface area contributed by atoms with Crippen LogP contribution in [0.3, 0.4) is 0 Å². The van der Waals surface area contributed by atoms with Crippen LogP contribution in [-0.4, -0.2) is 70.5 Å². The number of pyridine rings is 1. The number of piperidine rings is 1. The summed E-state index contributed by atoms with van der Waals surface area (Å²) in [5.74, 6) is 0.354. The first kappa shape index (κ1) is 35.0. The molecule has 0 saturated carbocycles. The van der Waals surface area contributed by atoms with Crippen LogP contribution < -0.4 is 9.64 Å². The molecule has 4 aromatic rings. The van der Waals surface area contributed by atoms with Gasteiger partial charge in [0.2, 0.25) is 5.88 Å². The second-order valence-electron chi connectivity index (χ2n) is 12.7. The zero-order valence-electron chi connectivity index (χ0n) is 27.8. The van der Waals surface area contributed by atoms with Crippen molar-refractivity contribution in [3.8, 4) is 5.88 Å². The highest BCUT2D eigenvalue weighted by atomic mass is 35.5. The molecule has 0 spiro atoms. The van der Waals surface area contributed by atoms with Crippen molar-refractivity contribution in [3.63, 3.8) is 0 Å². The lowest BCUT2D eigenvalue weighted by molar-refractivity contribution is 0.0571. The molecule has 3 heterocycles. The highest BCUT2D eigenvalue weighted by Crippen LogP contribution is 2.33. The van der Waals surface area contributed by atoms with Crippen LogP contribution in [0.1, 0.15) is 67.0 Å². The molecule has 0 atom stereocenters. The van der Waals surface area contributed by atoms with Crippen LogP contribution in [0.2, 0.25) is 5.02 Å². The number of hydrogen-bond acceptors (Lipinski definition) is 8. The van der Waals surface area contributed by atoms with Gasteiger partial charge in [0.05, 0.1) is 37.0 Å². The molecule has 1 saturated heterocycles. The van der Waals surface area contributed by atoms with E-state index in [0.717, 1.165) is 37.4 Å². The Morgan fingerprint density at radius 2 is 1.83 bits per heavy atom. The number of aromatic nitrogens is 3. The summed E-state index contributed by atoms with van der Waals surface area (Å²) < 4.78 is 46.2. The quantitative estimate of drug-likeness (QED) is 0.162. The van der Waals surface area contributed by atoms with Crippen molar-refractivity contribution in [1.82, 2.24) is 19.4 Å². The molecule has 1 amide bonds. The fourth-order valence-electron chi connectivity index (χ4n) is 5.73. The van der Waals surface area contributed by atoms with Gasteiger partial charge in [-0.2, -0.15) is 0 Å². The summed E-state index contributed by atoms with van der Waals surface area (Å²) in [6.07, 6.45) is 0.970. The number of benzene rings is 2. The van der Waals surface area contributed by atoms with Gasteiger partial charge in [-0.05, 0) is 77.0 Å². The van der Waals surface area contributed by atoms with Crippen molar-refractivity contribution in [1.29, 1.82) is 0 Å². The summed E-state index contributed by atoms with van der Waals surface area (Å²) in [4.78, 5) is 38.9. The van der Waals surface area contributed by atoms with Gasteiger partial charge in [-0.25, -0.2) is 28.3 Å². The number of carbonyl (C=O) groups excluding carboxylic acids is 2. The molecule has 0 N–H and O–H groups in total. The van der Waals surface area contributed by atoms with Gasteiger partial charge in [-0.3, -0.25) is 9.80 Å². The first-order valence-corrected chi connectivity index (χ1v) is 16.1. The second kappa shape index (κ2) is 14.9. The van der Waals surface area contributed by atoms with Crippen LogP contribution >= 0.6 is 11.6 Å². The summed E-state index contributed by atoms with van der Waals surface area (Å²) in [6, 6.07) is 13.3. The highest BCUT2D eigenvalue weighted by molar-refractivity contribution is 6.30. The lowest BCUT2D eigenvalue weighted by Gasteiger charge is -2.31. The third-order valence-corrected chi connectivity index (χ3v) is 8.43. The predicted molar refractivity (Wildman–Crippen MR) is 179 cm³/mol. The number of imidazole rings is 1. The summed E-state index contributed by atoms with van der Waals surface area (Å²) in [6.45, 7) is 6.22. The molecule has 0 aliphatic carbocycles. The summed E-state index contributed by atoms with van der Waals surface area (Å²) in [7, 11) is 3.12. The van der Waals surface area contributed by atoms with Gasteiger partial charge in [0.25, 0.3) is 0 Å². The normalized spacial score (nSPS) is 14.2. The number of halogens is 3. The minimum Gasteiger partial charge on any atom is -0.473 e. The Hall–Kier alpha value is -4.29. The molecule has 2 aromatic carbocycles. The number of likely N-dealkylation sites (tertiary alicyclic amines) is 1. The molecule has 0 bridgehead atoms. The largest absolute Gasteiger partial charge is 0.473 e. The van der Waals surface area contributed by atoms with Gasteiger partial charge < -0.3 is 18.8 Å². The number of anilines is 1. The second-order valence-corrected chi connectivity index (χ2v) is 13.2. The van der Waals surface area contributed by atoms with E-state index in [1.807, 2.05) is 23.7 Å². The van der Waals surface area contributed by atoms with E-state index in [9.17, 15) is 18.4 Å². The number of alkyl halides is 1. The molecular formula is C35H40ClF2N5O5. The summed E-state index contributed by atoms with van der Waals surface area (Å²) in [5, 5.41) is 0.328. The summed E-state index contributed by atoms with van der Waals surface area (Å²) in [5.41, 5.74) is 2.04. The van der Waals surface area contributed by atoms with Crippen molar-refractivity contribution in [2.75, 3.05) is 38.3 Å². The number of nitrogens with zero attached hydrogens (tertiary/aromatic N) is 5. The minimum atomic E-state index is -0.817. The van der Waals surface area contributed by atoms with Gasteiger partial charge >= 0.3 is 12.1 Å². The maximum Gasteiger partial charge on any atom is 0.414 e. The van der Waals surface area contributed by atoms with E-state index < -0.39 is 30.2 Å². The Bertz CT molecular complexity index is 1790. The Kier molecular flexibility index (Phi) is 10.8. The van der Waals surface area contributed by atoms with E-state index in [-0.39, 0.29) is 30.3 Å². The Morgan fingerprint density at radius 3 is 2.50 bits per heavy atom. The average Bonchev–Trinajstić information content (AvgIpc) is 3.36. The zero-order valence-corrected chi connectivity index (χ0v) is 28.5. The maximum atomic E-state index is 14.2. The molecule has 1 fully saturated rings. The lowest BCUT2D eigenvalue weighted by atomic mass is 9.93. The number of aryl methyl sites for hydroxylation is 1. The van der Waals surface area contributed by atoms with Crippen molar-refractivity contribution in [3.05, 3.63) is 82.0 Å². The van der Waals surface area contributed by atoms with Crippen LogP contribution in [0.15, 0.2) is 48.5 Å². The van der Waals surface area contributed by atoms with E-state index in [1.165, 1.54) is 24.1 Å². The SMILES string of the molecule is COC(=O)c1cc(N(CCF)C(=O)OC(C)(C)C)c2nc(CN3CCC(c4cccc(OCc5ccc(Cl)cc5F)n4)CC3)n(C)c2c1. The van der Waals surface area contributed by atoms with Crippen LogP contribution in [0.5, 0.6) is 5.88 Å². The van der Waals surface area contributed by atoms with Crippen LogP contribution in [0.25, 0.3) is 11.0 Å². The monoisotopic (exact) mass is 683 g/mol. The van der Waals surface area contributed by atoms with E-state index in [0.29, 0.717) is 34.0 Å². The number of ether oxygens (including phenoxy) is 3. The topological polar surface area (TPSA) is 99.0 Å². The highest BCUT2D eigenvalue weighted by Gasteiger charge is 2.29. The number of fused-ring (bicyclic) bond motifs is 1. The predicted octanol–water partition coefficient (Wildman–Crippen LogP) is 7.22. The number of methoxy groups -OCH3 is 1. The Labute approximate surface area is 283 Å². The molecular weight excluding hydrogens is 644 g/mol. The smallest absolute Gasteiger partial charge is 0.414 e. The van der Waals surface area contributed by atoms with Gasteiger partial charge in [0.15, 0.2) is 0 Å². The van der Waals surface area contributed by atoms with Crippen LogP contribution in [-0.2, 0) is 29.7 Å². The standard InChI is InChI=1S/C35H40ClF2N5O5/c1-35(2,3)48-34(45)43(16-13-37)29-18-24(33(44)46-5)17-28-32(29)40-30(41(28)4)20-42-14-11-22(12-15-42)27-7-6-8-31(39-27)47-21-23-9-10-25(36)19-26(23)38/h6-10,17-19,22H,11-16,20-21H2,1-5H3. The number of esters is 1. The molecule has 1 aliphatic rings. The van der Waals surface area contributed by atoms with E-state index in [2.05, 4.69) is 4.90 Å². The first-order chi connectivity index (χ1) is 22.9. The molecule has 0 radical (unpaired) electrons. The average molecular weight is 684 g/mol. The number of carbonyl (C=O) groups is 2. The number of amides is 1. The minimum absolute atomic E-state index is 0.0437. The Balaban J connectivity index is 1.31. The fourth-order valence-corrected chi connectivity index (χ4v) is 5.89. The molecule has 10 nitrogen and oxygen atoms in total. The molecule has 0 unspecified atom stereocenters. The molecule has 256 valence electrons. The van der Waals surface area contributed by atoms with Gasteiger partial charge in [0.1, 0.15) is 36.0 Å². The number of rotatable bonds is 10. The Morgan fingerprint density at radius 1 is 1.08 bits per heavy atom. The zero-order chi connectivity index (χ0) is 34.6. The molecule has 1 aliphatic heterocycles. The van der Waals surface area contributed by atoms with Gasteiger partial charge in [-0.1, -0.05) is 23.7 Å². The fraction of sp³-hybridized carbons (Fsp3) is 0.429. The summed E-state index contributed by atoms with van der Waals surface area (Å²) >= 11 is 5.85. The van der Waals surface area contributed by atoms with E-state index >= 15 is 0 Å². The van der Waals surface area contributed by atoms with E-state index in [4.69, 9.17) is 35.8 Å². The molecule has 5 rings (SSSR count). The lowest BCUT2D eigenvalue weighted by Crippen LogP contribution is -2.38. The molecule has 48 heavy (non-hydrogen) atoms. The van der Waals surface area contributed by atoms with Crippen molar-refractivity contribution < 1.29 is 32.6 Å². The van der Waals surface area contributed by atoms with Crippen LogP contribution in [0.4, 0.5) is 19.3 Å². The molecule has 13 heteroatoms. The third-order valence-electron chi connectivity index (χ3n) is 8.20. The van der Waals surface area contributed by atoms with Crippen molar-refractivity contribution >= 4 is 40.4 Å². The van der Waals surface area contributed by atoms with Gasteiger partial charge in [-0.15, -0.1) is 0 Å². The van der Waals surface area contributed by atoms with Gasteiger partial charge in [0, 0.05) is 35.3 Å². The van der Waals surface area contributed by atoms with Crippen molar-refractivity contribution in [2.45, 2.75) is 58.3 Å².